The zero-order chi connectivity index (χ0) is 12.8. The van der Waals surface area contributed by atoms with Crippen molar-refractivity contribution in [1.29, 1.82) is 0 Å². The highest BCUT2D eigenvalue weighted by Crippen LogP contribution is 2.13. The van der Waals surface area contributed by atoms with Crippen molar-refractivity contribution in [3.05, 3.63) is 29.8 Å². The molecular weight excluding hydrogens is 228 g/mol. The molecule has 0 saturated carbocycles. The van der Waals surface area contributed by atoms with Crippen molar-refractivity contribution >= 4 is 11.6 Å². The standard InChI is InChI=1S/C14H20N2O2/c17-10-8-11-4-6-12(7-5-11)16-14(18)13-3-1-2-9-15-13/h4-7,13,15,17H,1-3,8-10H2,(H,16,18)/t13-/m0/s1. The van der Waals surface area contributed by atoms with Crippen molar-refractivity contribution in [2.45, 2.75) is 31.7 Å². The van der Waals surface area contributed by atoms with Crippen molar-refractivity contribution in [2.24, 2.45) is 0 Å². The number of benzene rings is 1. The fraction of sp³-hybridized carbons (Fsp3) is 0.500. The number of carbonyl (C=O) groups excluding carboxylic acids is 1. The topological polar surface area (TPSA) is 61.4 Å². The van der Waals surface area contributed by atoms with Crippen LogP contribution in [0.2, 0.25) is 0 Å². The molecule has 1 aromatic carbocycles. The zero-order valence-electron chi connectivity index (χ0n) is 10.5. The molecule has 1 saturated heterocycles. The third-order valence-electron chi connectivity index (χ3n) is 3.25. The van der Waals surface area contributed by atoms with Crippen molar-refractivity contribution in [2.75, 3.05) is 18.5 Å². The van der Waals surface area contributed by atoms with E-state index in [9.17, 15) is 4.79 Å². The monoisotopic (exact) mass is 248 g/mol. The normalized spacial score (nSPS) is 19.5. The minimum Gasteiger partial charge on any atom is -0.396 e. The van der Waals surface area contributed by atoms with E-state index in [0.717, 1.165) is 37.1 Å². The SMILES string of the molecule is O=C(Nc1ccc(CCO)cc1)[C@@H]1CCCCN1. The highest BCUT2D eigenvalue weighted by Gasteiger charge is 2.20. The van der Waals surface area contributed by atoms with E-state index in [-0.39, 0.29) is 18.6 Å². The molecule has 0 unspecified atom stereocenters. The summed E-state index contributed by atoms with van der Waals surface area (Å²) in [6.07, 6.45) is 3.83. The van der Waals surface area contributed by atoms with Gasteiger partial charge in [-0.25, -0.2) is 0 Å². The van der Waals surface area contributed by atoms with Crippen LogP contribution in [0.25, 0.3) is 0 Å². The Kier molecular flexibility index (Phi) is 4.73. The summed E-state index contributed by atoms with van der Waals surface area (Å²) in [5.41, 5.74) is 1.89. The summed E-state index contributed by atoms with van der Waals surface area (Å²) >= 11 is 0. The van der Waals surface area contributed by atoms with Gasteiger partial charge in [-0.3, -0.25) is 4.79 Å². The number of amides is 1. The Bertz CT molecular complexity index is 383. The summed E-state index contributed by atoms with van der Waals surface area (Å²) in [5, 5.41) is 15.0. The van der Waals surface area contributed by atoms with E-state index >= 15 is 0 Å². The minimum atomic E-state index is -0.0594. The average Bonchev–Trinajstić information content (AvgIpc) is 2.42. The Morgan fingerprint density at radius 2 is 2.11 bits per heavy atom. The van der Waals surface area contributed by atoms with E-state index < -0.39 is 0 Å². The fourth-order valence-electron chi connectivity index (χ4n) is 2.19. The van der Waals surface area contributed by atoms with Crippen LogP contribution in [0, 0.1) is 0 Å². The maximum atomic E-state index is 12.0. The maximum Gasteiger partial charge on any atom is 0.241 e. The Labute approximate surface area is 107 Å². The van der Waals surface area contributed by atoms with Gasteiger partial charge in [-0.15, -0.1) is 0 Å². The van der Waals surface area contributed by atoms with Crippen LogP contribution in [0.1, 0.15) is 24.8 Å². The molecule has 3 N–H and O–H groups in total. The summed E-state index contributed by atoms with van der Waals surface area (Å²) in [7, 11) is 0. The van der Waals surface area contributed by atoms with Crippen LogP contribution in [0.5, 0.6) is 0 Å². The first-order valence-corrected chi connectivity index (χ1v) is 6.53. The van der Waals surface area contributed by atoms with Crippen molar-refractivity contribution in [1.82, 2.24) is 5.32 Å². The number of hydrogen-bond donors (Lipinski definition) is 3. The van der Waals surface area contributed by atoms with Crippen LogP contribution in [0.3, 0.4) is 0 Å². The van der Waals surface area contributed by atoms with Gasteiger partial charge in [0.05, 0.1) is 6.04 Å². The molecule has 2 rings (SSSR count). The van der Waals surface area contributed by atoms with Gasteiger partial charge < -0.3 is 15.7 Å². The minimum absolute atomic E-state index is 0.0459. The number of hydrogen-bond acceptors (Lipinski definition) is 3. The van der Waals surface area contributed by atoms with Gasteiger partial charge >= 0.3 is 0 Å². The third kappa shape index (κ3) is 3.55. The van der Waals surface area contributed by atoms with E-state index in [0.29, 0.717) is 6.42 Å². The molecule has 4 heteroatoms. The lowest BCUT2D eigenvalue weighted by atomic mass is 10.0. The number of carbonyl (C=O) groups is 1. The van der Waals surface area contributed by atoms with Crippen LogP contribution in [0.15, 0.2) is 24.3 Å². The average molecular weight is 248 g/mol. The van der Waals surface area contributed by atoms with Crippen LogP contribution < -0.4 is 10.6 Å². The van der Waals surface area contributed by atoms with Crippen LogP contribution in [-0.4, -0.2) is 30.2 Å². The van der Waals surface area contributed by atoms with Crippen molar-refractivity contribution in [3.8, 4) is 0 Å². The van der Waals surface area contributed by atoms with Gasteiger partial charge in [0.1, 0.15) is 0 Å². The lowest BCUT2D eigenvalue weighted by molar-refractivity contribution is -0.118. The number of nitrogens with one attached hydrogen (secondary N) is 2. The first kappa shape index (κ1) is 13.1. The third-order valence-corrected chi connectivity index (χ3v) is 3.25. The summed E-state index contributed by atoms with van der Waals surface area (Å²) < 4.78 is 0. The van der Waals surface area contributed by atoms with E-state index in [1.165, 1.54) is 0 Å². The predicted molar refractivity (Wildman–Crippen MR) is 71.5 cm³/mol. The summed E-state index contributed by atoms with van der Waals surface area (Å²) in [6, 6.07) is 7.56. The number of rotatable bonds is 4. The van der Waals surface area contributed by atoms with Gasteiger partial charge in [-0.05, 0) is 43.5 Å². The summed E-state index contributed by atoms with van der Waals surface area (Å²) in [6.45, 7) is 1.07. The van der Waals surface area contributed by atoms with E-state index in [2.05, 4.69) is 10.6 Å². The number of piperidine rings is 1. The first-order chi connectivity index (χ1) is 8.79. The molecule has 0 aromatic heterocycles. The molecule has 1 aromatic rings. The molecule has 98 valence electrons. The molecule has 4 nitrogen and oxygen atoms in total. The molecule has 0 spiro atoms. The van der Waals surface area contributed by atoms with Gasteiger partial charge in [0.15, 0.2) is 0 Å². The Morgan fingerprint density at radius 3 is 2.72 bits per heavy atom. The molecular formula is C14H20N2O2. The second-order valence-corrected chi connectivity index (χ2v) is 4.66. The molecule has 0 aliphatic carbocycles. The Morgan fingerprint density at radius 1 is 1.33 bits per heavy atom. The predicted octanol–water partition coefficient (Wildman–Crippen LogP) is 1.30. The summed E-state index contributed by atoms with van der Waals surface area (Å²) in [5.74, 6) is 0.0459. The number of aliphatic hydroxyl groups is 1. The van der Waals surface area contributed by atoms with Gasteiger partial charge in [0.2, 0.25) is 5.91 Å². The smallest absolute Gasteiger partial charge is 0.241 e. The molecule has 18 heavy (non-hydrogen) atoms. The first-order valence-electron chi connectivity index (χ1n) is 6.53. The quantitative estimate of drug-likeness (QED) is 0.752. The summed E-state index contributed by atoms with van der Waals surface area (Å²) in [4.78, 5) is 12.0. The number of aliphatic hydroxyl groups excluding tert-OH is 1. The Balaban J connectivity index is 1.89. The molecule has 0 radical (unpaired) electrons. The van der Waals surface area contributed by atoms with Crippen LogP contribution in [-0.2, 0) is 11.2 Å². The molecule has 0 bridgehead atoms. The van der Waals surface area contributed by atoms with Gasteiger partial charge in [-0.2, -0.15) is 0 Å². The van der Waals surface area contributed by atoms with E-state index in [4.69, 9.17) is 5.11 Å². The van der Waals surface area contributed by atoms with Gasteiger partial charge in [-0.1, -0.05) is 18.6 Å². The van der Waals surface area contributed by atoms with Crippen LogP contribution in [0.4, 0.5) is 5.69 Å². The molecule has 1 heterocycles. The van der Waals surface area contributed by atoms with Crippen molar-refractivity contribution < 1.29 is 9.90 Å². The van der Waals surface area contributed by atoms with Gasteiger partial charge in [0, 0.05) is 12.3 Å². The lowest BCUT2D eigenvalue weighted by Crippen LogP contribution is -2.43. The second kappa shape index (κ2) is 6.52. The van der Waals surface area contributed by atoms with Crippen LogP contribution >= 0.6 is 0 Å². The zero-order valence-corrected chi connectivity index (χ0v) is 10.5. The highest BCUT2D eigenvalue weighted by molar-refractivity contribution is 5.94. The second-order valence-electron chi connectivity index (χ2n) is 4.66. The maximum absolute atomic E-state index is 12.0. The lowest BCUT2D eigenvalue weighted by Gasteiger charge is -2.22. The molecule has 1 aliphatic heterocycles. The Hall–Kier alpha value is -1.39. The molecule has 1 fully saturated rings. The molecule has 1 atom stereocenters. The largest absolute Gasteiger partial charge is 0.396 e. The number of anilines is 1. The van der Waals surface area contributed by atoms with E-state index in [1.54, 1.807) is 0 Å². The van der Waals surface area contributed by atoms with Gasteiger partial charge in [0.25, 0.3) is 0 Å². The van der Waals surface area contributed by atoms with Crippen molar-refractivity contribution in [3.63, 3.8) is 0 Å². The molecule has 1 aliphatic rings. The molecule has 1 amide bonds. The van der Waals surface area contributed by atoms with E-state index in [1.807, 2.05) is 24.3 Å². The highest BCUT2D eigenvalue weighted by atomic mass is 16.2. The fourth-order valence-corrected chi connectivity index (χ4v) is 2.19.